The Morgan fingerprint density at radius 3 is 2.28 bits per heavy atom. The second-order valence-corrected chi connectivity index (χ2v) is 3.63. The standard InChI is InChI=1S/C12H18O6/c1-9(2)7-10(8-11(14)15)12(16)18-6-5-17-4-3-13/h7-8,13H,3-6H2,1-2H3,(H,14,15)/b10-8-. The summed E-state index contributed by atoms with van der Waals surface area (Å²) in [6, 6.07) is 0. The van der Waals surface area contributed by atoms with Gasteiger partial charge in [-0.25, -0.2) is 9.59 Å². The summed E-state index contributed by atoms with van der Waals surface area (Å²) in [5.74, 6) is -1.93. The van der Waals surface area contributed by atoms with E-state index in [0.29, 0.717) is 0 Å². The highest BCUT2D eigenvalue weighted by atomic mass is 16.6. The van der Waals surface area contributed by atoms with Gasteiger partial charge in [0.2, 0.25) is 0 Å². The molecule has 0 unspecified atom stereocenters. The Morgan fingerprint density at radius 1 is 1.11 bits per heavy atom. The van der Waals surface area contributed by atoms with Gasteiger partial charge >= 0.3 is 11.9 Å². The predicted octanol–water partition coefficient (Wildman–Crippen LogP) is 0.516. The number of aliphatic hydroxyl groups is 1. The van der Waals surface area contributed by atoms with E-state index in [1.54, 1.807) is 13.8 Å². The summed E-state index contributed by atoms with van der Waals surface area (Å²) in [6.45, 7) is 3.72. The van der Waals surface area contributed by atoms with E-state index in [1.165, 1.54) is 6.08 Å². The Kier molecular flexibility index (Phi) is 8.51. The molecular weight excluding hydrogens is 240 g/mol. The van der Waals surface area contributed by atoms with Gasteiger partial charge in [0.25, 0.3) is 0 Å². The quantitative estimate of drug-likeness (QED) is 0.285. The Hall–Kier alpha value is -1.66. The first kappa shape index (κ1) is 16.3. The molecule has 0 atom stereocenters. The van der Waals surface area contributed by atoms with Crippen molar-refractivity contribution in [1.82, 2.24) is 0 Å². The van der Waals surface area contributed by atoms with Crippen LogP contribution in [-0.2, 0) is 19.1 Å². The summed E-state index contributed by atoms with van der Waals surface area (Å²) in [5, 5.41) is 17.1. The van der Waals surface area contributed by atoms with Gasteiger partial charge in [0.05, 0.1) is 25.4 Å². The molecule has 0 aromatic heterocycles. The molecule has 0 saturated heterocycles. The topological polar surface area (TPSA) is 93.1 Å². The highest BCUT2D eigenvalue weighted by Gasteiger charge is 2.10. The van der Waals surface area contributed by atoms with Gasteiger partial charge in [0, 0.05) is 6.08 Å². The molecule has 0 radical (unpaired) electrons. The van der Waals surface area contributed by atoms with Crippen LogP contribution < -0.4 is 0 Å². The number of aliphatic hydroxyl groups excluding tert-OH is 1. The van der Waals surface area contributed by atoms with Gasteiger partial charge in [0.1, 0.15) is 6.61 Å². The summed E-state index contributed by atoms with van der Waals surface area (Å²) < 4.78 is 9.73. The maximum atomic E-state index is 11.5. The molecule has 0 aliphatic carbocycles. The van der Waals surface area contributed by atoms with Crippen LogP contribution in [0.25, 0.3) is 0 Å². The first-order valence-corrected chi connectivity index (χ1v) is 5.42. The number of carbonyl (C=O) groups is 2. The number of allylic oxidation sites excluding steroid dienone is 1. The summed E-state index contributed by atoms with van der Waals surface area (Å²) >= 11 is 0. The lowest BCUT2D eigenvalue weighted by molar-refractivity contribution is -0.141. The third kappa shape index (κ3) is 8.49. The van der Waals surface area contributed by atoms with Crippen LogP contribution in [0.1, 0.15) is 13.8 Å². The van der Waals surface area contributed by atoms with Crippen LogP contribution in [0, 0.1) is 0 Å². The molecule has 0 aliphatic rings. The van der Waals surface area contributed by atoms with Crippen molar-refractivity contribution >= 4 is 11.9 Å². The van der Waals surface area contributed by atoms with Crippen molar-refractivity contribution < 1.29 is 29.3 Å². The molecule has 6 nitrogen and oxygen atoms in total. The van der Waals surface area contributed by atoms with Crippen LogP contribution in [0.15, 0.2) is 23.3 Å². The van der Waals surface area contributed by atoms with Gasteiger partial charge in [-0.05, 0) is 19.9 Å². The van der Waals surface area contributed by atoms with Gasteiger partial charge in [-0.1, -0.05) is 5.57 Å². The summed E-state index contributed by atoms with van der Waals surface area (Å²) in [4.78, 5) is 22.1. The number of hydrogen-bond acceptors (Lipinski definition) is 5. The monoisotopic (exact) mass is 258 g/mol. The highest BCUT2D eigenvalue weighted by molar-refractivity contribution is 5.98. The number of ether oxygens (including phenoxy) is 2. The lowest BCUT2D eigenvalue weighted by Crippen LogP contribution is -2.14. The lowest BCUT2D eigenvalue weighted by atomic mass is 10.2. The van der Waals surface area contributed by atoms with Crippen molar-refractivity contribution in [3.63, 3.8) is 0 Å². The summed E-state index contributed by atoms with van der Waals surface area (Å²) in [6.07, 6.45) is 2.23. The first-order valence-electron chi connectivity index (χ1n) is 5.42. The summed E-state index contributed by atoms with van der Waals surface area (Å²) in [5.41, 5.74) is 0.764. The third-order valence-corrected chi connectivity index (χ3v) is 1.66. The van der Waals surface area contributed by atoms with Gasteiger partial charge in [-0.15, -0.1) is 0 Å². The van der Waals surface area contributed by atoms with E-state index in [0.717, 1.165) is 11.6 Å². The molecule has 102 valence electrons. The normalized spacial score (nSPS) is 10.9. The zero-order chi connectivity index (χ0) is 14.0. The number of carbonyl (C=O) groups excluding carboxylic acids is 1. The van der Waals surface area contributed by atoms with Gasteiger partial charge < -0.3 is 19.7 Å². The molecular formula is C12H18O6. The maximum absolute atomic E-state index is 11.5. The van der Waals surface area contributed by atoms with E-state index in [1.807, 2.05) is 0 Å². The number of esters is 1. The van der Waals surface area contributed by atoms with Crippen molar-refractivity contribution in [3.05, 3.63) is 23.3 Å². The van der Waals surface area contributed by atoms with E-state index in [2.05, 4.69) is 0 Å². The van der Waals surface area contributed by atoms with E-state index >= 15 is 0 Å². The Morgan fingerprint density at radius 2 is 1.78 bits per heavy atom. The van der Waals surface area contributed by atoms with E-state index < -0.39 is 11.9 Å². The number of hydrogen-bond donors (Lipinski definition) is 2. The number of rotatable bonds is 8. The van der Waals surface area contributed by atoms with Gasteiger partial charge in [-0.3, -0.25) is 0 Å². The average molecular weight is 258 g/mol. The number of carboxylic acid groups (broad SMARTS) is 1. The van der Waals surface area contributed by atoms with E-state index in [4.69, 9.17) is 19.7 Å². The third-order valence-electron chi connectivity index (χ3n) is 1.66. The molecule has 0 aromatic carbocycles. The molecule has 0 saturated carbocycles. The van der Waals surface area contributed by atoms with Crippen molar-refractivity contribution in [2.45, 2.75) is 13.8 Å². The molecule has 2 N–H and O–H groups in total. The van der Waals surface area contributed by atoms with Crippen LogP contribution in [0.2, 0.25) is 0 Å². The molecule has 0 aliphatic heterocycles. The minimum Gasteiger partial charge on any atom is -0.478 e. The smallest absolute Gasteiger partial charge is 0.338 e. The zero-order valence-corrected chi connectivity index (χ0v) is 10.5. The summed E-state index contributed by atoms with van der Waals surface area (Å²) in [7, 11) is 0. The molecule has 18 heavy (non-hydrogen) atoms. The van der Waals surface area contributed by atoms with Crippen LogP contribution in [0.3, 0.4) is 0 Å². The van der Waals surface area contributed by atoms with Crippen molar-refractivity contribution in [1.29, 1.82) is 0 Å². The van der Waals surface area contributed by atoms with Crippen LogP contribution >= 0.6 is 0 Å². The molecule has 0 heterocycles. The Bertz CT molecular complexity index is 338. The molecule has 0 amide bonds. The van der Waals surface area contributed by atoms with Crippen LogP contribution in [-0.4, -0.2) is 48.6 Å². The molecule has 0 aromatic rings. The second kappa shape index (κ2) is 9.38. The molecule has 0 spiro atoms. The number of carboxylic acids is 1. The largest absolute Gasteiger partial charge is 0.478 e. The zero-order valence-electron chi connectivity index (χ0n) is 10.5. The molecule has 0 fully saturated rings. The average Bonchev–Trinajstić information content (AvgIpc) is 2.26. The fraction of sp³-hybridized carbons (Fsp3) is 0.500. The first-order chi connectivity index (χ1) is 8.47. The Labute approximate surface area is 106 Å². The Balaban J connectivity index is 4.32. The minimum atomic E-state index is -1.21. The predicted molar refractivity (Wildman–Crippen MR) is 64.0 cm³/mol. The minimum absolute atomic E-state index is 0.00634. The van der Waals surface area contributed by atoms with Crippen LogP contribution in [0.5, 0.6) is 0 Å². The van der Waals surface area contributed by atoms with E-state index in [9.17, 15) is 9.59 Å². The second-order valence-electron chi connectivity index (χ2n) is 3.63. The fourth-order valence-corrected chi connectivity index (χ4v) is 1.05. The van der Waals surface area contributed by atoms with E-state index in [-0.39, 0.29) is 32.0 Å². The maximum Gasteiger partial charge on any atom is 0.338 e. The molecule has 0 rings (SSSR count). The fourth-order valence-electron chi connectivity index (χ4n) is 1.05. The molecule has 6 heteroatoms. The molecule has 0 bridgehead atoms. The van der Waals surface area contributed by atoms with Gasteiger partial charge in [0.15, 0.2) is 0 Å². The van der Waals surface area contributed by atoms with Crippen LogP contribution in [0.4, 0.5) is 0 Å². The van der Waals surface area contributed by atoms with Crippen molar-refractivity contribution in [2.24, 2.45) is 0 Å². The van der Waals surface area contributed by atoms with Crippen molar-refractivity contribution in [2.75, 3.05) is 26.4 Å². The lowest BCUT2D eigenvalue weighted by Gasteiger charge is -2.06. The highest BCUT2D eigenvalue weighted by Crippen LogP contribution is 2.05. The number of aliphatic carboxylic acids is 1. The van der Waals surface area contributed by atoms with Crippen molar-refractivity contribution in [3.8, 4) is 0 Å². The van der Waals surface area contributed by atoms with Gasteiger partial charge in [-0.2, -0.15) is 0 Å². The SMILES string of the molecule is CC(C)=C/C(=C/C(=O)O)C(=O)OCCOCCO.